The first kappa shape index (κ1) is 28.4. The molecule has 10 heteroatoms. The van der Waals surface area contributed by atoms with E-state index in [9.17, 15) is 19.2 Å². The molecule has 3 atom stereocenters. The molecule has 39 heavy (non-hydrogen) atoms. The fraction of sp³-hybridized carbons (Fsp3) is 0.586. The van der Waals surface area contributed by atoms with Gasteiger partial charge in [0.2, 0.25) is 11.8 Å². The molecule has 0 aromatic heterocycles. The van der Waals surface area contributed by atoms with Gasteiger partial charge in [0, 0.05) is 26.1 Å². The lowest BCUT2D eigenvalue weighted by Crippen LogP contribution is -2.54. The van der Waals surface area contributed by atoms with Gasteiger partial charge in [-0.3, -0.25) is 14.5 Å². The highest BCUT2D eigenvalue weighted by Gasteiger charge is 2.44. The van der Waals surface area contributed by atoms with Crippen LogP contribution in [0.2, 0.25) is 0 Å². The summed E-state index contributed by atoms with van der Waals surface area (Å²) in [7, 11) is 0. The predicted octanol–water partition coefficient (Wildman–Crippen LogP) is 3.64. The predicted molar refractivity (Wildman–Crippen MR) is 144 cm³/mol. The van der Waals surface area contributed by atoms with Gasteiger partial charge in [-0.1, -0.05) is 49.3 Å². The molecule has 1 aromatic carbocycles. The number of benzene rings is 1. The van der Waals surface area contributed by atoms with Crippen molar-refractivity contribution < 1.29 is 28.7 Å². The maximum Gasteiger partial charge on any atom is 0.410 e. The van der Waals surface area contributed by atoms with Crippen LogP contribution in [-0.2, 0) is 32.2 Å². The summed E-state index contributed by atoms with van der Waals surface area (Å²) in [4.78, 5) is 55.6. The molecule has 1 saturated heterocycles. The smallest absolute Gasteiger partial charge is 0.410 e. The Labute approximate surface area is 230 Å². The fourth-order valence-corrected chi connectivity index (χ4v) is 5.23. The molecule has 1 fully saturated rings. The van der Waals surface area contributed by atoms with E-state index in [4.69, 9.17) is 9.47 Å². The minimum atomic E-state index is -0.851. The van der Waals surface area contributed by atoms with Crippen molar-refractivity contribution in [3.8, 4) is 0 Å². The molecular formula is C29H40N4O6. The minimum Gasteiger partial charge on any atom is -0.444 e. The van der Waals surface area contributed by atoms with Crippen molar-refractivity contribution in [3.63, 3.8) is 0 Å². The summed E-state index contributed by atoms with van der Waals surface area (Å²) < 4.78 is 11.2. The van der Waals surface area contributed by atoms with Crippen LogP contribution in [0.4, 0.5) is 9.59 Å². The molecule has 2 N–H and O–H groups in total. The number of carbonyl (C=O) groups is 4. The molecule has 4 rings (SSSR count). The van der Waals surface area contributed by atoms with Crippen molar-refractivity contribution in [1.82, 2.24) is 20.4 Å². The molecule has 0 spiro atoms. The number of rotatable bonds is 2. The number of amides is 4. The van der Waals surface area contributed by atoms with Gasteiger partial charge in [0.15, 0.2) is 0 Å². The maximum atomic E-state index is 13.8. The normalized spacial score (nSPS) is 25.2. The molecule has 0 bridgehead atoms. The van der Waals surface area contributed by atoms with Gasteiger partial charge < -0.3 is 25.0 Å². The zero-order valence-electron chi connectivity index (χ0n) is 23.1. The van der Waals surface area contributed by atoms with Crippen LogP contribution in [0.25, 0.3) is 0 Å². The van der Waals surface area contributed by atoms with Crippen molar-refractivity contribution in [3.05, 3.63) is 47.5 Å². The zero-order chi connectivity index (χ0) is 28.0. The number of fused-ring (bicyclic) bond motifs is 2. The first-order valence-electron chi connectivity index (χ1n) is 13.9. The Balaban J connectivity index is 1.48. The lowest BCUT2D eigenvalue weighted by molar-refractivity contribution is -0.140. The molecule has 0 radical (unpaired) electrons. The van der Waals surface area contributed by atoms with Gasteiger partial charge in [-0.25, -0.2) is 9.59 Å². The van der Waals surface area contributed by atoms with Gasteiger partial charge in [-0.15, -0.1) is 0 Å². The molecule has 212 valence electrons. The van der Waals surface area contributed by atoms with E-state index < -0.39 is 36.0 Å². The van der Waals surface area contributed by atoms with Gasteiger partial charge >= 0.3 is 12.2 Å². The first-order valence-corrected chi connectivity index (χ1v) is 13.9. The Hall–Kier alpha value is -3.56. The molecule has 3 heterocycles. The molecule has 10 nitrogen and oxygen atoms in total. The van der Waals surface area contributed by atoms with E-state index in [2.05, 4.69) is 10.6 Å². The molecule has 0 aliphatic carbocycles. The molecule has 4 amide bonds. The Morgan fingerprint density at radius 1 is 1.03 bits per heavy atom. The van der Waals surface area contributed by atoms with Gasteiger partial charge in [0.1, 0.15) is 23.8 Å². The largest absolute Gasteiger partial charge is 0.444 e. The van der Waals surface area contributed by atoms with Gasteiger partial charge in [-0.2, -0.15) is 0 Å². The number of hydrogen-bond donors (Lipinski definition) is 2. The highest BCUT2D eigenvalue weighted by Crippen LogP contribution is 2.27. The van der Waals surface area contributed by atoms with E-state index in [1.807, 2.05) is 36.4 Å². The minimum absolute atomic E-state index is 0.0752. The molecule has 1 aromatic rings. The van der Waals surface area contributed by atoms with Gasteiger partial charge in [-0.05, 0) is 51.2 Å². The number of alkyl carbamates (subject to hydrolysis) is 1. The lowest BCUT2D eigenvalue weighted by Gasteiger charge is -2.29. The molecule has 3 aliphatic rings. The lowest BCUT2D eigenvalue weighted by atomic mass is 10.0. The SMILES string of the molecule is CC(C)(C)OC(=O)N[C@H]1CCCCC/C=C\CNC(=O)C2C[C@@H](OC(=O)N3Cc4ccccc4C3)CN2C1=O. The second kappa shape index (κ2) is 12.5. The number of carbonyl (C=O) groups excluding carboxylic acids is 4. The van der Waals surface area contributed by atoms with Crippen molar-refractivity contribution in [2.45, 2.75) is 96.2 Å². The summed E-state index contributed by atoms with van der Waals surface area (Å²) in [6, 6.07) is 6.19. The van der Waals surface area contributed by atoms with E-state index >= 15 is 0 Å². The number of allylic oxidation sites excluding steroid dienone is 1. The standard InChI is InChI=1S/C29H40N4O6/c1-29(2,3)39-27(36)31-23-14-8-6-4-5-7-11-15-30-25(34)24-16-22(19-33(24)26(23)35)38-28(37)32-17-20-12-9-10-13-21(20)18-32/h7,9-13,22-24H,4-6,8,14-19H2,1-3H3,(H,30,34)(H,31,36)/b11-7-/t22-,23+,24?/m1/s1. The summed E-state index contributed by atoms with van der Waals surface area (Å²) in [6.07, 6.45) is 6.23. The van der Waals surface area contributed by atoms with Crippen molar-refractivity contribution in [2.75, 3.05) is 13.1 Å². The number of ether oxygens (including phenoxy) is 2. The Kier molecular flexibility index (Phi) is 9.14. The highest BCUT2D eigenvalue weighted by atomic mass is 16.6. The third kappa shape index (κ3) is 7.74. The highest BCUT2D eigenvalue weighted by molar-refractivity contribution is 5.92. The average molecular weight is 541 g/mol. The van der Waals surface area contributed by atoms with Crippen LogP contribution in [0, 0.1) is 0 Å². The third-order valence-corrected chi connectivity index (χ3v) is 7.13. The maximum absolute atomic E-state index is 13.8. The third-order valence-electron chi connectivity index (χ3n) is 7.13. The quantitative estimate of drug-likeness (QED) is 0.553. The van der Waals surface area contributed by atoms with Crippen LogP contribution in [0.1, 0.15) is 70.4 Å². The Morgan fingerprint density at radius 2 is 1.74 bits per heavy atom. The van der Waals surface area contributed by atoms with Crippen molar-refractivity contribution in [1.29, 1.82) is 0 Å². The number of nitrogens with zero attached hydrogens (tertiary/aromatic N) is 2. The van der Waals surface area contributed by atoms with E-state index in [0.29, 0.717) is 26.1 Å². The average Bonchev–Trinajstić information content (AvgIpc) is 3.49. The van der Waals surface area contributed by atoms with E-state index in [0.717, 1.165) is 36.8 Å². The Bertz CT molecular complexity index is 1070. The second-order valence-electron chi connectivity index (χ2n) is 11.4. The van der Waals surface area contributed by atoms with E-state index in [-0.39, 0.29) is 24.8 Å². The molecule has 0 saturated carbocycles. The Morgan fingerprint density at radius 3 is 2.44 bits per heavy atom. The molecule has 1 unspecified atom stereocenters. The van der Waals surface area contributed by atoms with Gasteiger partial charge in [0.05, 0.1) is 6.54 Å². The van der Waals surface area contributed by atoms with Crippen LogP contribution >= 0.6 is 0 Å². The second-order valence-corrected chi connectivity index (χ2v) is 11.4. The summed E-state index contributed by atoms with van der Waals surface area (Å²) in [5.41, 5.74) is 1.44. The van der Waals surface area contributed by atoms with Crippen LogP contribution in [0.5, 0.6) is 0 Å². The van der Waals surface area contributed by atoms with Crippen LogP contribution < -0.4 is 10.6 Å². The van der Waals surface area contributed by atoms with Gasteiger partial charge in [0.25, 0.3) is 0 Å². The summed E-state index contributed by atoms with van der Waals surface area (Å²) in [6.45, 7) is 6.63. The van der Waals surface area contributed by atoms with Crippen LogP contribution in [0.3, 0.4) is 0 Å². The first-order chi connectivity index (χ1) is 18.6. The summed E-state index contributed by atoms with van der Waals surface area (Å²) in [5, 5.41) is 5.60. The molecule has 3 aliphatic heterocycles. The van der Waals surface area contributed by atoms with Crippen molar-refractivity contribution >= 4 is 24.0 Å². The summed E-state index contributed by atoms with van der Waals surface area (Å²) in [5.74, 6) is -0.686. The number of nitrogens with one attached hydrogen (secondary N) is 2. The van der Waals surface area contributed by atoms with Crippen LogP contribution in [-0.4, -0.2) is 70.7 Å². The monoisotopic (exact) mass is 540 g/mol. The molecular weight excluding hydrogens is 500 g/mol. The van der Waals surface area contributed by atoms with E-state index in [1.54, 1.807) is 25.7 Å². The van der Waals surface area contributed by atoms with Crippen LogP contribution in [0.15, 0.2) is 36.4 Å². The zero-order valence-corrected chi connectivity index (χ0v) is 23.1. The topological polar surface area (TPSA) is 117 Å². The summed E-state index contributed by atoms with van der Waals surface area (Å²) >= 11 is 0. The number of hydrogen-bond acceptors (Lipinski definition) is 6. The van der Waals surface area contributed by atoms with Crippen molar-refractivity contribution in [2.24, 2.45) is 0 Å². The van der Waals surface area contributed by atoms with E-state index in [1.165, 1.54) is 4.90 Å². The fourth-order valence-electron chi connectivity index (χ4n) is 5.23.